The van der Waals surface area contributed by atoms with E-state index in [9.17, 15) is 0 Å². The number of nitrogens with two attached hydrogens (primary N) is 1. The third-order valence-electron chi connectivity index (χ3n) is 2.74. The van der Waals surface area contributed by atoms with Gasteiger partial charge >= 0.3 is 0 Å². The van der Waals surface area contributed by atoms with Crippen LogP contribution in [0.25, 0.3) is 0 Å². The zero-order chi connectivity index (χ0) is 13.5. The molecule has 2 rings (SSSR count). The van der Waals surface area contributed by atoms with Gasteiger partial charge in [0.25, 0.3) is 0 Å². The number of benzene rings is 2. The van der Waals surface area contributed by atoms with Gasteiger partial charge in [-0.25, -0.2) is 0 Å². The fourth-order valence-corrected chi connectivity index (χ4v) is 1.73. The standard InChI is InChI=1S/C15H16N2O2/c16-15(17-18)13-7-4-8-14(11-13)19-10-9-12-5-2-1-3-6-12/h1-8,11,18H,9-10H2,(H2,16,17). The van der Waals surface area contributed by atoms with Crippen LogP contribution >= 0.6 is 0 Å². The molecule has 0 aliphatic carbocycles. The summed E-state index contributed by atoms with van der Waals surface area (Å²) in [7, 11) is 0. The fraction of sp³-hybridized carbons (Fsp3) is 0.133. The summed E-state index contributed by atoms with van der Waals surface area (Å²) in [5.74, 6) is 0.786. The predicted octanol–water partition coefficient (Wildman–Crippen LogP) is 2.40. The summed E-state index contributed by atoms with van der Waals surface area (Å²) in [4.78, 5) is 0. The van der Waals surface area contributed by atoms with E-state index >= 15 is 0 Å². The van der Waals surface area contributed by atoms with Crippen molar-refractivity contribution in [1.82, 2.24) is 0 Å². The van der Waals surface area contributed by atoms with Gasteiger partial charge in [0, 0.05) is 12.0 Å². The number of hydrogen-bond donors (Lipinski definition) is 2. The Balaban J connectivity index is 1.93. The van der Waals surface area contributed by atoms with Crippen LogP contribution in [0.15, 0.2) is 59.8 Å². The molecule has 2 aromatic carbocycles. The second kappa shape index (κ2) is 6.44. The number of oxime groups is 1. The number of ether oxygens (including phenoxy) is 1. The van der Waals surface area contributed by atoms with E-state index < -0.39 is 0 Å². The Labute approximate surface area is 112 Å². The van der Waals surface area contributed by atoms with E-state index in [1.165, 1.54) is 5.56 Å². The lowest BCUT2D eigenvalue weighted by molar-refractivity contribution is 0.318. The Hall–Kier alpha value is -2.49. The van der Waals surface area contributed by atoms with Gasteiger partial charge in [0.1, 0.15) is 5.75 Å². The number of nitrogens with zero attached hydrogens (tertiary/aromatic N) is 1. The minimum absolute atomic E-state index is 0.0773. The molecule has 0 heterocycles. The van der Waals surface area contributed by atoms with Crippen molar-refractivity contribution in [3.05, 3.63) is 65.7 Å². The average molecular weight is 256 g/mol. The lowest BCUT2D eigenvalue weighted by atomic mass is 10.2. The molecule has 0 amide bonds. The van der Waals surface area contributed by atoms with E-state index in [0.29, 0.717) is 17.9 Å². The molecule has 0 aliphatic rings. The Kier molecular flexibility index (Phi) is 4.39. The second-order valence-corrected chi connectivity index (χ2v) is 4.10. The smallest absolute Gasteiger partial charge is 0.170 e. The molecular formula is C15H16N2O2. The van der Waals surface area contributed by atoms with Gasteiger partial charge in [-0.05, 0) is 17.7 Å². The molecule has 2 aromatic rings. The molecular weight excluding hydrogens is 240 g/mol. The molecule has 0 fully saturated rings. The van der Waals surface area contributed by atoms with Crippen molar-refractivity contribution < 1.29 is 9.94 Å². The summed E-state index contributed by atoms with van der Waals surface area (Å²) in [6, 6.07) is 17.3. The fourth-order valence-electron chi connectivity index (χ4n) is 1.73. The summed E-state index contributed by atoms with van der Waals surface area (Å²) in [6.45, 7) is 0.587. The van der Waals surface area contributed by atoms with E-state index in [4.69, 9.17) is 15.7 Å². The van der Waals surface area contributed by atoms with E-state index in [2.05, 4.69) is 17.3 Å². The van der Waals surface area contributed by atoms with Gasteiger partial charge in [-0.3, -0.25) is 0 Å². The van der Waals surface area contributed by atoms with Crippen molar-refractivity contribution >= 4 is 5.84 Å². The highest BCUT2D eigenvalue weighted by Gasteiger charge is 2.01. The van der Waals surface area contributed by atoms with Crippen LogP contribution in [0.2, 0.25) is 0 Å². The SMILES string of the molecule is N/C(=N\O)c1cccc(OCCc2ccccc2)c1. The molecule has 0 aliphatic heterocycles. The van der Waals surface area contributed by atoms with Crippen molar-refractivity contribution in [2.75, 3.05) is 6.61 Å². The minimum Gasteiger partial charge on any atom is -0.493 e. The summed E-state index contributed by atoms with van der Waals surface area (Å²) in [5.41, 5.74) is 7.40. The first-order valence-electron chi connectivity index (χ1n) is 6.04. The highest BCUT2D eigenvalue weighted by Crippen LogP contribution is 2.13. The van der Waals surface area contributed by atoms with Gasteiger partial charge in [0.2, 0.25) is 0 Å². The Morgan fingerprint density at radius 2 is 1.89 bits per heavy atom. The van der Waals surface area contributed by atoms with E-state index in [1.54, 1.807) is 12.1 Å². The molecule has 0 unspecified atom stereocenters. The van der Waals surface area contributed by atoms with Gasteiger partial charge in [0.15, 0.2) is 5.84 Å². The topological polar surface area (TPSA) is 67.8 Å². The normalized spacial score (nSPS) is 11.3. The minimum atomic E-state index is 0.0773. The van der Waals surface area contributed by atoms with Crippen molar-refractivity contribution in [2.45, 2.75) is 6.42 Å². The lowest BCUT2D eigenvalue weighted by Crippen LogP contribution is -2.13. The van der Waals surface area contributed by atoms with Crippen molar-refractivity contribution in [3.8, 4) is 5.75 Å². The highest BCUT2D eigenvalue weighted by atomic mass is 16.5. The molecule has 0 saturated heterocycles. The van der Waals surface area contributed by atoms with Crippen LogP contribution in [0.3, 0.4) is 0 Å². The second-order valence-electron chi connectivity index (χ2n) is 4.10. The molecule has 0 saturated carbocycles. The van der Waals surface area contributed by atoms with Crippen LogP contribution in [0, 0.1) is 0 Å². The Bertz CT molecular complexity index is 553. The van der Waals surface area contributed by atoms with Crippen LogP contribution in [0.1, 0.15) is 11.1 Å². The summed E-state index contributed by atoms with van der Waals surface area (Å²) in [5, 5.41) is 11.6. The number of amidine groups is 1. The van der Waals surface area contributed by atoms with Gasteiger partial charge < -0.3 is 15.7 Å². The largest absolute Gasteiger partial charge is 0.493 e. The lowest BCUT2D eigenvalue weighted by Gasteiger charge is -2.07. The number of rotatable bonds is 5. The monoisotopic (exact) mass is 256 g/mol. The summed E-state index contributed by atoms with van der Waals surface area (Å²) >= 11 is 0. The zero-order valence-electron chi connectivity index (χ0n) is 10.5. The van der Waals surface area contributed by atoms with E-state index in [0.717, 1.165) is 6.42 Å². The molecule has 98 valence electrons. The molecule has 4 heteroatoms. The number of hydrogen-bond acceptors (Lipinski definition) is 3. The highest BCUT2D eigenvalue weighted by molar-refractivity contribution is 5.97. The van der Waals surface area contributed by atoms with Crippen molar-refractivity contribution in [1.29, 1.82) is 0 Å². The molecule has 3 N–H and O–H groups in total. The van der Waals surface area contributed by atoms with Crippen molar-refractivity contribution in [3.63, 3.8) is 0 Å². The molecule has 0 radical (unpaired) electrons. The molecule has 0 bridgehead atoms. The van der Waals surface area contributed by atoms with Crippen LogP contribution in [0.5, 0.6) is 5.75 Å². The molecule has 4 nitrogen and oxygen atoms in total. The first kappa shape index (κ1) is 13.0. The van der Waals surface area contributed by atoms with Crippen LogP contribution in [0.4, 0.5) is 0 Å². The first-order valence-corrected chi connectivity index (χ1v) is 6.04. The first-order chi connectivity index (χ1) is 9.29. The van der Waals surface area contributed by atoms with Gasteiger partial charge in [0.05, 0.1) is 6.61 Å². The maximum absolute atomic E-state index is 8.63. The molecule has 0 atom stereocenters. The summed E-state index contributed by atoms with van der Waals surface area (Å²) < 4.78 is 5.65. The van der Waals surface area contributed by atoms with Gasteiger partial charge in [-0.2, -0.15) is 0 Å². The van der Waals surface area contributed by atoms with Crippen molar-refractivity contribution in [2.24, 2.45) is 10.9 Å². The maximum Gasteiger partial charge on any atom is 0.170 e. The quantitative estimate of drug-likeness (QED) is 0.373. The Morgan fingerprint density at radius 1 is 1.11 bits per heavy atom. The van der Waals surface area contributed by atoms with Crippen LogP contribution < -0.4 is 10.5 Å². The average Bonchev–Trinajstić information content (AvgIpc) is 2.48. The molecule has 19 heavy (non-hydrogen) atoms. The molecule has 0 spiro atoms. The third kappa shape index (κ3) is 3.74. The van der Waals surface area contributed by atoms with E-state index in [-0.39, 0.29) is 5.84 Å². The Morgan fingerprint density at radius 3 is 2.63 bits per heavy atom. The van der Waals surface area contributed by atoms with E-state index in [1.807, 2.05) is 30.3 Å². The van der Waals surface area contributed by atoms with Gasteiger partial charge in [-0.1, -0.05) is 47.6 Å². The third-order valence-corrected chi connectivity index (χ3v) is 2.74. The predicted molar refractivity (Wildman–Crippen MR) is 74.6 cm³/mol. The van der Waals surface area contributed by atoms with Crippen LogP contribution in [-0.4, -0.2) is 17.6 Å². The summed E-state index contributed by atoms with van der Waals surface area (Å²) in [6.07, 6.45) is 0.842. The van der Waals surface area contributed by atoms with Gasteiger partial charge in [-0.15, -0.1) is 0 Å². The molecule has 0 aromatic heterocycles. The maximum atomic E-state index is 8.63. The van der Waals surface area contributed by atoms with Crippen LogP contribution in [-0.2, 0) is 6.42 Å². The zero-order valence-corrected chi connectivity index (χ0v) is 10.5.